The van der Waals surface area contributed by atoms with Crippen molar-refractivity contribution >= 4 is 11.6 Å². The van der Waals surface area contributed by atoms with E-state index < -0.39 is 0 Å². The van der Waals surface area contributed by atoms with Crippen molar-refractivity contribution in [3.63, 3.8) is 0 Å². The quantitative estimate of drug-likeness (QED) is 0.937. The molecule has 3 rings (SSSR count). The number of benzene rings is 1. The molecule has 1 heterocycles. The van der Waals surface area contributed by atoms with E-state index >= 15 is 0 Å². The smallest absolute Gasteiger partial charge is 0.214 e. The van der Waals surface area contributed by atoms with Gasteiger partial charge in [0, 0.05) is 6.07 Å². The summed E-state index contributed by atoms with van der Waals surface area (Å²) in [5.41, 5.74) is 3.04. The largest absolute Gasteiger partial charge is 0.469 e. The maximum absolute atomic E-state index is 9.20. The third kappa shape index (κ3) is 2.65. The van der Waals surface area contributed by atoms with Crippen LogP contribution >= 0.6 is 11.6 Å². The molecule has 1 aliphatic carbocycles. The van der Waals surface area contributed by atoms with Gasteiger partial charge in [-0.25, -0.2) is 4.98 Å². The lowest BCUT2D eigenvalue weighted by molar-refractivity contribution is 0.174. The molecular weight excluding hydrogens is 274 g/mol. The Bertz CT molecular complexity index is 615. The lowest BCUT2D eigenvalue weighted by atomic mass is 9.89. The SMILES string of the molecule is OCc1nc(OC2CCCc3ccccc32)ccc1Cl. The number of hydrogen-bond acceptors (Lipinski definition) is 3. The minimum absolute atomic E-state index is 0.0279. The van der Waals surface area contributed by atoms with Crippen LogP contribution in [0.4, 0.5) is 0 Å². The Morgan fingerprint density at radius 2 is 2.10 bits per heavy atom. The molecule has 1 unspecified atom stereocenters. The summed E-state index contributed by atoms with van der Waals surface area (Å²) in [6.45, 7) is -0.183. The number of aliphatic hydroxyl groups is 1. The van der Waals surface area contributed by atoms with Gasteiger partial charge in [0.05, 0.1) is 17.3 Å². The molecule has 1 aliphatic rings. The summed E-state index contributed by atoms with van der Waals surface area (Å²) in [6, 6.07) is 11.8. The highest BCUT2D eigenvalue weighted by molar-refractivity contribution is 6.31. The van der Waals surface area contributed by atoms with E-state index in [1.165, 1.54) is 11.1 Å². The maximum Gasteiger partial charge on any atom is 0.214 e. The van der Waals surface area contributed by atoms with Gasteiger partial charge < -0.3 is 9.84 Å². The van der Waals surface area contributed by atoms with E-state index in [9.17, 15) is 5.11 Å². The average molecular weight is 290 g/mol. The second kappa shape index (κ2) is 5.81. The van der Waals surface area contributed by atoms with E-state index in [4.69, 9.17) is 16.3 Å². The number of ether oxygens (including phenoxy) is 1. The molecule has 1 N–H and O–H groups in total. The molecule has 4 heteroatoms. The number of halogens is 1. The first-order valence-electron chi connectivity index (χ1n) is 6.78. The summed E-state index contributed by atoms with van der Waals surface area (Å²) in [5, 5.41) is 9.67. The molecule has 0 radical (unpaired) electrons. The van der Waals surface area contributed by atoms with Crippen molar-refractivity contribution in [3.05, 3.63) is 58.2 Å². The van der Waals surface area contributed by atoms with Crippen LogP contribution in [-0.2, 0) is 13.0 Å². The Labute approximate surface area is 123 Å². The fourth-order valence-electron chi connectivity index (χ4n) is 2.62. The van der Waals surface area contributed by atoms with Crippen LogP contribution < -0.4 is 4.74 Å². The molecule has 0 aliphatic heterocycles. The van der Waals surface area contributed by atoms with Gasteiger partial charge in [0.25, 0.3) is 0 Å². The van der Waals surface area contributed by atoms with Crippen molar-refractivity contribution in [2.45, 2.75) is 32.0 Å². The van der Waals surface area contributed by atoms with Crippen LogP contribution in [0.5, 0.6) is 5.88 Å². The number of fused-ring (bicyclic) bond motifs is 1. The Morgan fingerprint density at radius 3 is 2.95 bits per heavy atom. The van der Waals surface area contributed by atoms with Crippen molar-refractivity contribution in [3.8, 4) is 5.88 Å². The Morgan fingerprint density at radius 1 is 1.25 bits per heavy atom. The average Bonchev–Trinajstić information content (AvgIpc) is 2.49. The van der Waals surface area contributed by atoms with Crippen molar-refractivity contribution in [1.82, 2.24) is 4.98 Å². The van der Waals surface area contributed by atoms with Crippen LogP contribution in [0.25, 0.3) is 0 Å². The summed E-state index contributed by atoms with van der Waals surface area (Å²) in [4.78, 5) is 4.25. The first-order valence-corrected chi connectivity index (χ1v) is 7.16. The van der Waals surface area contributed by atoms with Crippen LogP contribution in [-0.4, -0.2) is 10.1 Å². The monoisotopic (exact) mass is 289 g/mol. The minimum atomic E-state index is -0.183. The first-order chi connectivity index (χ1) is 9.78. The van der Waals surface area contributed by atoms with Crippen molar-refractivity contribution in [2.75, 3.05) is 0 Å². The third-order valence-electron chi connectivity index (χ3n) is 3.62. The van der Waals surface area contributed by atoms with Crippen LogP contribution in [0, 0.1) is 0 Å². The molecule has 0 fully saturated rings. The van der Waals surface area contributed by atoms with Gasteiger partial charge in [0.2, 0.25) is 5.88 Å². The van der Waals surface area contributed by atoms with E-state index in [0.717, 1.165) is 19.3 Å². The molecule has 2 aromatic rings. The number of aryl methyl sites for hydroxylation is 1. The van der Waals surface area contributed by atoms with Gasteiger partial charge in [0.15, 0.2) is 0 Å². The van der Waals surface area contributed by atoms with Gasteiger partial charge in [-0.05, 0) is 36.5 Å². The number of aromatic nitrogens is 1. The normalized spacial score (nSPS) is 17.6. The van der Waals surface area contributed by atoms with Crippen LogP contribution in [0.1, 0.15) is 35.8 Å². The van der Waals surface area contributed by atoms with E-state index in [-0.39, 0.29) is 12.7 Å². The zero-order valence-corrected chi connectivity index (χ0v) is 11.8. The molecule has 3 nitrogen and oxygen atoms in total. The lowest BCUT2D eigenvalue weighted by Gasteiger charge is -2.26. The van der Waals surface area contributed by atoms with Crippen LogP contribution in [0.3, 0.4) is 0 Å². The maximum atomic E-state index is 9.20. The van der Waals surface area contributed by atoms with Crippen molar-refractivity contribution < 1.29 is 9.84 Å². The number of pyridine rings is 1. The van der Waals surface area contributed by atoms with Crippen molar-refractivity contribution in [2.24, 2.45) is 0 Å². The van der Waals surface area contributed by atoms with Gasteiger partial charge >= 0.3 is 0 Å². The van der Waals surface area contributed by atoms with Gasteiger partial charge in [-0.15, -0.1) is 0 Å². The minimum Gasteiger partial charge on any atom is -0.469 e. The highest BCUT2D eigenvalue weighted by atomic mass is 35.5. The van der Waals surface area contributed by atoms with Gasteiger partial charge in [-0.1, -0.05) is 35.9 Å². The Balaban J connectivity index is 1.85. The Kier molecular flexibility index (Phi) is 3.90. The lowest BCUT2D eigenvalue weighted by Crippen LogP contribution is -2.15. The molecule has 1 aromatic heterocycles. The van der Waals surface area contributed by atoms with Crippen LogP contribution in [0.15, 0.2) is 36.4 Å². The van der Waals surface area contributed by atoms with E-state index in [0.29, 0.717) is 16.6 Å². The number of aliphatic hydroxyl groups excluding tert-OH is 1. The topological polar surface area (TPSA) is 42.4 Å². The molecule has 0 bridgehead atoms. The van der Waals surface area contributed by atoms with Gasteiger partial charge in [0.1, 0.15) is 6.10 Å². The Hall–Kier alpha value is -1.58. The van der Waals surface area contributed by atoms with E-state index in [2.05, 4.69) is 23.2 Å². The molecule has 0 spiro atoms. The third-order valence-corrected chi connectivity index (χ3v) is 3.96. The fourth-order valence-corrected chi connectivity index (χ4v) is 2.78. The van der Waals surface area contributed by atoms with E-state index in [1.54, 1.807) is 12.1 Å². The summed E-state index contributed by atoms with van der Waals surface area (Å²) in [7, 11) is 0. The summed E-state index contributed by atoms with van der Waals surface area (Å²) >= 11 is 5.94. The zero-order valence-electron chi connectivity index (χ0n) is 11.1. The van der Waals surface area contributed by atoms with E-state index in [1.807, 2.05) is 6.07 Å². The molecule has 1 aromatic carbocycles. The molecular formula is C16H16ClNO2. The summed E-state index contributed by atoms with van der Waals surface area (Å²) in [6.07, 6.45) is 3.23. The van der Waals surface area contributed by atoms with Gasteiger partial charge in [-0.3, -0.25) is 0 Å². The summed E-state index contributed by atoms with van der Waals surface area (Å²) < 4.78 is 6.00. The highest BCUT2D eigenvalue weighted by Crippen LogP contribution is 2.33. The fraction of sp³-hybridized carbons (Fsp3) is 0.312. The molecule has 0 amide bonds. The molecule has 20 heavy (non-hydrogen) atoms. The van der Waals surface area contributed by atoms with Crippen molar-refractivity contribution in [1.29, 1.82) is 0 Å². The zero-order chi connectivity index (χ0) is 13.9. The second-order valence-electron chi connectivity index (χ2n) is 4.93. The number of rotatable bonds is 3. The number of hydrogen-bond donors (Lipinski definition) is 1. The van der Waals surface area contributed by atoms with Gasteiger partial charge in [-0.2, -0.15) is 0 Å². The summed E-state index contributed by atoms with van der Waals surface area (Å²) in [5.74, 6) is 0.514. The predicted octanol–water partition coefficient (Wildman–Crippen LogP) is 3.68. The highest BCUT2D eigenvalue weighted by Gasteiger charge is 2.21. The standard InChI is InChI=1S/C16H16ClNO2/c17-13-8-9-16(18-14(13)10-19)20-15-7-3-5-11-4-1-2-6-12(11)15/h1-2,4,6,8-9,15,19H,3,5,7,10H2. The molecule has 104 valence electrons. The molecule has 0 saturated carbocycles. The first kappa shape index (κ1) is 13.4. The predicted molar refractivity (Wildman–Crippen MR) is 77.9 cm³/mol. The molecule has 0 saturated heterocycles. The second-order valence-corrected chi connectivity index (χ2v) is 5.34. The number of nitrogens with zero attached hydrogens (tertiary/aromatic N) is 1. The molecule has 1 atom stereocenters. The van der Waals surface area contributed by atoms with Crippen LogP contribution in [0.2, 0.25) is 5.02 Å².